The Morgan fingerprint density at radius 1 is 1.53 bits per heavy atom. The first-order valence-corrected chi connectivity index (χ1v) is 6.20. The van der Waals surface area contributed by atoms with Gasteiger partial charge in [0.05, 0.1) is 0 Å². The van der Waals surface area contributed by atoms with Gasteiger partial charge in [0.25, 0.3) is 0 Å². The lowest BCUT2D eigenvalue weighted by atomic mass is 9.87. The predicted molar refractivity (Wildman–Crippen MR) is 66.7 cm³/mol. The second kappa shape index (κ2) is 7.54. The summed E-state index contributed by atoms with van der Waals surface area (Å²) in [6, 6.07) is 0. The highest BCUT2D eigenvalue weighted by molar-refractivity contribution is 5.07. The highest BCUT2D eigenvalue weighted by Crippen LogP contribution is 2.26. The largest absolute Gasteiger partial charge is 0.316 e. The minimum Gasteiger partial charge on any atom is -0.316 e. The third-order valence-corrected chi connectivity index (χ3v) is 3.14. The molecular weight excluding hydrogens is 182 g/mol. The summed E-state index contributed by atoms with van der Waals surface area (Å²) in [5, 5.41) is 3.39. The lowest BCUT2D eigenvalue weighted by molar-refractivity contribution is 0.473. The van der Waals surface area contributed by atoms with E-state index in [1.165, 1.54) is 32.1 Å². The fourth-order valence-corrected chi connectivity index (χ4v) is 2.19. The highest BCUT2D eigenvalue weighted by Gasteiger charge is 2.11. The number of rotatable bonds is 6. The van der Waals surface area contributed by atoms with Crippen LogP contribution >= 0.6 is 0 Å². The maximum absolute atomic E-state index is 5.19. The van der Waals surface area contributed by atoms with Gasteiger partial charge in [0.1, 0.15) is 0 Å². The quantitative estimate of drug-likeness (QED) is 0.399. The van der Waals surface area contributed by atoms with Crippen LogP contribution in [0.25, 0.3) is 0 Å². The van der Waals surface area contributed by atoms with E-state index in [9.17, 15) is 0 Å². The number of hydrogen-bond donors (Lipinski definition) is 1. The van der Waals surface area contributed by atoms with E-state index in [0.29, 0.717) is 0 Å². The van der Waals surface area contributed by atoms with Gasteiger partial charge in [-0.3, -0.25) is 0 Å². The minimum atomic E-state index is 0.812. The Kier molecular flexibility index (Phi) is 6.20. The first-order valence-electron chi connectivity index (χ1n) is 6.20. The second-order valence-corrected chi connectivity index (χ2v) is 4.32. The van der Waals surface area contributed by atoms with Gasteiger partial charge in [0, 0.05) is 13.0 Å². The summed E-state index contributed by atoms with van der Waals surface area (Å²) in [4.78, 5) is 0. The zero-order valence-corrected chi connectivity index (χ0v) is 9.89. The molecule has 1 N–H and O–H groups in total. The molecule has 0 radical (unpaired) electrons. The zero-order chi connectivity index (χ0) is 10.9. The molecule has 0 fully saturated rings. The Balaban J connectivity index is 2.13. The molecule has 0 spiro atoms. The van der Waals surface area contributed by atoms with Crippen molar-refractivity contribution < 1.29 is 0 Å². The molecular formula is C14H23N. The Hall–Kier alpha value is -0.740. The Bertz CT molecular complexity index is 234. The van der Waals surface area contributed by atoms with Crippen LogP contribution in [0.1, 0.15) is 45.4 Å². The van der Waals surface area contributed by atoms with Crippen LogP contribution in [-0.2, 0) is 0 Å². The average molecular weight is 205 g/mol. The molecule has 84 valence electrons. The van der Waals surface area contributed by atoms with Crippen LogP contribution in [0.3, 0.4) is 0 Å². The molecule has 1 nitrogen and oxygen atoms in total. The highest BCUT2D eigenvalue weighted by atomic mass is 14.8. The van der Waals surface area contributed by atoms with Gasteiger partial charge in [0.2, 0.25) is 0 Å². The molecule has 0 bridgehead atoms. The van der Waals surface area contributed by atoms with E-state index in [4.69, 9.17) is 6.42 Å². The summed E-state index contributed by atoms with van der Waals surface area (Å²) >= 11 is 0. The fraction of sp³-hybridized carbons (Fsp3) is 0.714. The van der Waals surface area contributed by atoms with Crippen molar-refractivity contribution >= 4 is 0 Å². The van der Waals surface area contributed by atoms with Crippen LogP contribution < -0.4 is 5.32 Å². The Morgan fingerprint density at radius 2 is 2.40 bits per heavy atom. The van der Waals surface area contributed by atoms with E-state index >= 15 is 0 Å². The predicted octanol–water partition coefficient (Wildman–Crippen LogP) is 3.13. The van der Waals surface area contributed by atoms with Gasteiger partial charge in [-0.25, -0.2) is 0 Å². The number of nitrogens with one attached hydrogen (secondary N) is 1. The maximum Gasteiger partial charge on any atom is 0.0211 e. The molecule has 0 aromatic heterocycles. The van der Waals surface area contributed by atoms with Crippen molar-refractivity contribution in [2.45, 2.75) is 45.4 Å². The molecule has 1 rings (SSSR count). The SMILES string of the molecule is C#CCCNCCC1C=C(CC)CCC1. The zero-order valence-electron chi connectivity index (χ0n) is 9.89. The Morgan fingerprint density at radius 3 is 3.13 bits per heavy atom. The molecule has 1 atom stereocenters. The van der Waals surface area contributed by atoms with Crippen molar-refractivity contribution in [3.8, 4) is 12.3 Å². The first kappa shape index (κ1) is 12.3. The van der Waals surface area contributed by atoms with E-state index in [-0.39, 0.29) is 0 Å². The van der Waals surface area contributed by atoms with Gasteiger partial charge in [-0.1, -0.05) is 18.6 Å². The average Bonchev–Trinajstić information content (AvgIpc) is 2.29. The van der Waals surface area contributed by atoms with Crippen LogP contribution in [0.5, 0.6) is 0 Å². The van der Waals surface area contributed by atoms with Gasteiger partial charge in [-0.2, -0.15) is 0 Å². The summed E-state index contributed by atoms with van der Waals surface area (Å²) < 4.78 is 0. The summed E-state index contributed by atoms with van der Waals surface area (Å²) in [5.41, 5.74) is 1.66. The van der Waals surface area contributed by atoms with Crippen molar-refractivity contribution in [2.75, 3.05) is 13.1 Å². The summed E-state index contributed by atoms with van der Waals surface area (Å²) in [6.07, 6.45) is 15.1. The molecule has 0 aromatic carbocycles. The Labute approximate surface area is 94.3 Å². The van der Waals surface area contributed by atoms with E-state index in [1.807, 2.05) is 0 Å². The molecule has 15 heavy (non-hydrogen) atoms. The molecule has 1 heteroatoms. The monoisotopic (exact) mass is 205 g/mol. The lowest BCUT2D eigenvalue weighted by Gasteiger charge is -2.20. The third kappa shape index (κ3) is 5.04. The smallest absolute Gasteiger partial charge is 0.0211 e. The summed E-state index contributed by atoms with van der Waals surface area (Å²) in [6.45, 7) is 4.34. The molecule has 0 saturated carbocycles. The first-order chi connectivity index (χ1) is 7.36. The maximum atomic E-state index is 5.19. The molecule has 0 aliphatic heterocycles. The summed E-state index contributed by atoms with van der Waals surface area (Å²) in [5.74, 6) is 3.46. The van der Waals surface area contributed by atoms with Crippen molar-refractivity contribution in [2.24, 2.45) is 5.92 Å². The van der Waals surface area contributed by atoms with Crippen molar-refractivity contribution in [3.05, 3.63) is 11.6 Å². The van der Waals surface area contributed by atoms with Crippen molar-refractivity contribution in [3.63, 3.8) is 0 Å². The number of hydrogen-bond acceptors (Lipinski definition) is 1. The van der Waals surface area contributed by atoms with Crippen LogP contribution in [0.2, 0.25) is 0 Å². The van der Waals surface area contributed by atoms with Gasteiger partial charge >= 0.3 is 0 Å². The van der Waals surface area contributed by atoms with Crippen LogP contribution in [0.15, 0.2) is 11.6 Å². The van der Waals surface area contributed by atoms with Crippen LogP contribution in [0.4, 0.5) is 0 Å². The van der Waals surface area contributed by atoms with Crippen molar-refractivity contribution in [1.29, 1.82) is 0 Å². The standard InChI is InChI=1S/C14H23N/c1-3-5-10-15-11-9-14-8-6-7-13(4-2)12-14/h1,12,14-15H,4-11H2,2H3. The topological polar surface area (TPSA) is 12.0 Å². The van der Waals surface area contributed by atoms with Gasteiger partial charge in [-0.15, -0.1) is 12.3 Å². The molecule has 1 aliphatic rings. The number of allylic oxidation sites excluding steroid dienone is 2. The van der Waals surface area contributed by atoms with Gasteiger partial charge in [-0.05, 0) is 44.6 Å². The minimum absolute atomic E-state index is 0.812. The molecule has 1 unspecified atom stereocenters. The molecule has 0 amide bonds. The van der Waals surface area contributed by atoms with E-state index in [2.05, 4.69) is 24.2 Å². The van der Waals surface area contributed by atoms with E-state index < -0.39 is 0 Å². The van der Waals surface area contributed by atoms with Gasteiger partial charge in [0.15, 0.2) is 0 Å². The van der Waals surface area contributed by atoms with Crippen LogP contribution in [0, 0.1) is 18.3 Å². The normalized spacial score (nSPS) is 20.8. The number of terminal acetylenes is 1. The van der Waals surface area contributed by atoms with Gasteiger partial charge < -0.3 is 5.32 Å². The van der Waals surface area contributed by atoms with Crippen LogP contribution in [-0.4, -0.2) is 13.1 Å². The van der Waals surface area contributed by atoms with E-state index in [0.717, 1.165) is 25.4 Å². The third-order valence-electron chi connectivity index (χ3n) is 3.14. The molecule has 0 saturated heterocycles. The fourth-order valence-electron chi connectivity index (χ4n) is 2.19. The van der Waals surface area contributed by atoms with Crippen molar-refractivity contribution in [1.82, 2.24) is 5.32 Å². The molecule has 0 heterocycles. The van der Waals surface area contributed by atoms with E-state index in [1.54, 1.807) is 5.57 Å². The lowest BCUT2D eigenvalue weighted by Crippen LogP contribution is -2.19. The second-order valence-electron chi connectivity index (χ2n) is 4.32. The molecule has 0 aromatic rings. The molecule has 1 aliphatic carbocycles. The summed E-state index contributed by atoms with van der Waals surface area (Å²) in [7, 11) is 0.